The van der Waals surface area contributed by atoms with Crippen molar-refractivity contribution in [2.75, 3.05) is 18.4 Å². The van der Waals surface area contributed by atoms with Crippen LogP contribution in [0.25, 0.3) is 0 Å². The molecule has 2 heterocycles. The highest BCUT2D eigenvalue weighted by molar-refractivity contribution is 5.92. The molecule has 0 saturated heterocycles. The van der Waals surface area contributed by atoms with Crippen LogP contribution in [0.15, 0.2) is 36.8 Å². The minimum atomic E-state index is -0.171. The number of hydrogen-bond donors (Lipinski definition) is 2. The van der Waals surface area contributed by atoms with Crippen molar-refractivity contribution in [1.82, 2.24) is 20.1 Å². The third-order valence-corrected chi connectivity index (χ3v) is 2.56. The first kappa shape index (κ1) is 13.1. The van der Waals surface area contributed by atoms with Crippen LogP contribution < -0.4 is 10.6 Å². The molecule has 0 bridgehead atoms. The van der Waals surface area contributed by atoms with Gasteiger partial charge in [-0.25, -0.2) is 4.98 Å². The number of rotatable bonds is 6. The quantitative estimate of drug-likeness (QED) is 0.816. The van der Waals surface area contributed by atoms with Crippen LogP contribution in [0, 0.1) is 0 Å². The Morgan fingerprint density at radius 3 is 2.95 bits per heavy atom. The average Bonchev–Trinajstić information content (AvgIpc) is 2.93. The molecule has 100 valence electrons. The first-order valence-electron chi connectivity index (χ1n) is 6.25. The molecule has 1 amide bonds. The number of carbonyl (C=O) groups is 1. The van der Waals surface area contributed by atoms with Gasteiger partial charge in [-0.1, -0.05) is 0 Å². The van der Waals surface area contributed by atoms with Gasteiger partial charge in [0, 0.05) is 25.5 Å². The van der Waals surface area contributed by atoms with Gasteiger partial charge in [0.15, 0.2) is 0 Å². The van der Waals surface area contributed by atoms with Crippen LogP contribution in [0.4, 0.5) is 5.69 Å². The van der Waals surface area contributed by atoms with E-state index < -0.39 is 0 Å². The van der Waals surface area contributed by atoms with Crippen LogP contribution in [0.2, 0.25) is 0 Å². The van der Waals surface area contributed by atoms with Gasteiger partial charge in [-0.2, -0.15) is 5.10 Å². The Balaban J connectivity index is 1.82. The lowest BCUT2D eigenvalue weighted by atomic mass is 10.3. The molecule has 2 rings (SSSR count). The minimum absolute atomic E-state index is 0.171. The molecule has 2 N–H and O–H groups in total. The molecule has 0 aromatic carbocycles. The van der Waals surface area contributed by atoms with Crippen LogP contribution in [-0.2, 0) is 6.54 Å². The second-order valence-electron chi connectivity index (χ2n) is 3.99. The SMILES string of the molecule is CCNc1ccc(C(=O)NCCn2cccn2)nc1. The Morgan fingerprint density at radius 1 is 1.42 bits per heavy atom. The standard InChI is InChI=1S/C13H17N5O/c1-2-14-11-4-5-12(16-10-11)13(19)15-7-9-18-8-3-6-17-18/h3-6,8,10,14H,2,7,9H2,1H3,(H,15,19). The maximum atomic E-state index is 11.8. The minimum Gasteiger partial charge on any atom is -0.384 e. The van der Waals surface area contributed by atoms with E-state index in [1.54, 1.807) is 23.1 Å². The predicted molar refractivity (Wildman–Crippen MR) is 73.0 cm³/mol. The number of amides is 1. The zero-order valence-corrected chi connectivity index (χ0v) is 10.8. The van der Waals surface area contributed by atoms with E-state index in [0.717, 1.165) is 12.2 Å². The van der Waals surface area contributed by atoms with Gasteiger partial charge in [0.2, 0.25) is 0 Å². The Hall–Kier alpha value is -2.37. The lowest BCUT2D eigenvalue weighted by Crippen LogP contribution is -2.28. The first-order chi connectivity index (χ1) is 9.29. The summed E-state index contributed by atoms with van der Waals surface area (Å²) in [6.45, 7) is 4.01. The number of hydrogen-bond acceptors (Lipinski definition) is 4. The number of carbonyl (C=O) groups excluding carboxylic acids is 1. The molecular weight excluding hydrogens is 242 g/mol. The Bertz CT molecular complexity index is 506. The zero-order valence-electron chi connectivity index (χ0n) is 10.8. The molecule has 19 heavy (non-hydrogen) atoms. The summed E-state index contributed by atoms with van der Waals surface area (Å²) in [5, 5.41) is 9.99. The molecule has 0 radical (unpaired) electrons. The van der Waals surface area contributed by atoms with Crippen molar-refractivity contribution in [2.24, 2.45) is 0 Å². The fourth-order valence-electron chi connectivity index (χ4n) is 1.64. The van der Waals surface area contributed by atoms with E-state index in [1.165, 1.54) is 0 Å². The Kier molecular flexibility index (Phi) is 4.49. The average molecular weight is 259 g/mol. The smallest absolute Gasteiger partial charge is 0.269 e. The fraction of sp³-hybridized carbons (Fsp3) is 0.308. The maximum absolute atomic E-state index is 11.8. The second kappa shape index (κ2) is 6.53. The van der Waals surface area contributed by atoms with Gasteiger partial charge in [-0.15, -0.1) is 0 Å². The van der Waals surface area contributed by atoms with Crippen molar-refractivity contribution >= 4 is 11.6 Å². The van der Waals surface area contributed by atoms with Crippen LogP contribution in [0.3, 0.4) is 0 Å². The summed E-state index contributed by atoms with van der Waals surface area (Å²) in [4.78, 5) is 15.9. The van der Waals surface area contributed by atoms with Crippen molar-refractivity contribution in [1.29, 1.82) is 0 Å². The van der Waals surface area contributed by atoms with Gasteiger partial charge in [-0.3, -0.25) is 9.48 Å². The number of nitrogens with zero attached hydrogens (tertiary/aromatic N) is 3. The van der Waals surface area contributed by atoms with Crippen molar-refractivity contribution in [3.8, 4) is 0 Å². The highest BCUT2D eigenvalue weighted by Crippen LogP contribution is 2.05. The molecule has 0 unspecified atom stereocenters. The summed E-state index contributed by atoms with van der Waals surface area (Å²) in [5.41, 5.74) is 1.33. The molecule has 0 aliphatic heterocycles. The fourth-order valence-corrected chi connectivity index (χ4v) is 1.64. The third-order valence-electron chi connectivity index (χ3n) is 2.56. The van der Waals surface area contributed by atoms with E-state index in [9.17, 15) is 4.79 Å². The normalized spacial score (nSPS) is 10.2. The lowest BCUT2D eigenvalue weighted by Gasteiger charge is -2.06. The summed E-state index contributed by atoms with van der Waals surface area (Å²) in [7, 11) is 0. The molecule has 0 fully saturated rings. The molecular formula is C13H17N5O. The van der Waals surface area contributed by atoms with E-state index in [1.807, 2.05) is 25.3 Å². The van der Waals surface area contributed by atoms with Gasteiger partial charge in [0.1, 0.15) is 5.69 Å². The van der Waals surface area contributed by atoms with Crippen molar-refractivity contribution in [3.05, 3.63) is 42.5 Å². The zero-order chi connectivity index (χ0) is 13.5. The molecule has 0 saturated carbocycles. The largest absolute Gasteiger partial charge is 0.384 e. The summed E-state index contributed by atoms with van der Waals surface area (Å²) in [6.07, 6.45) is 5.23. The predicted octanol–water partition coefficient (Wildman–Crippen LogP) is 1.14. The van der Waals surface area contributed by atoms with Gasteiger partial charge in [-0.05, 0) is 25.1 Å². The van der Waals surface area contributed by atoms with E-state index in [2.05, 4.69) is 20.7 Å². The summed E-state index contributed by atoms with van der Waals surface area (Å²) in [6, 6.07) is 5.41. The lowest BCUT2D eigenvalue weighted by molar-refractivity contribution is 0.0947. The van der Waals surface area contributed by atoms with E-state index in [0.29, 0.717) is 18.8 Å². The van der Waals surface area contributed by atoms with Crippen LogP contribution in [0.1, 0.15) is 17.4 Å². The number of nitrogens with one attached hydrogen (secondary N) is 2. The van der Waals surface area contributed by atoms with Crippen LogP contribution in [-0.4, -0.2) is 33.8 Å². The van der Waals surface area contributed by atoms with E-state index >= 15 is 0 Å². The summed E-state index contributed by atoms with van der Waals surface area (Å²) >= 11 is 0. The molecule has 0 spiro atoms. The van der Waals surface area contributed by atoms with E-state index in [-0.39, 0.29) is 5.91 Å². The summed E-state index contributed by atoms with van der Waals surface area (Å²) in [5.74, 6) is -0.171. The molecule has 2 aromatic rings. The number of aromatic nitrogens is 3. The van der Waals surface area contributed by atoms with Crippen molar-refractivity contribution in [3.63, 3.8) is 0 Å². The highest BCUT2D eigenvalue weighted by Gasteiger charge is 2.06. The number of pyridine rings is 1. The van der Waals surface area contributed by atoms with Gasteiger partial charge in [0.05, 0.1) is 18.4 Å². The van der Waals surface area contributed by atoms with E-state index in [4.69, 9.17) is 0 Å². The monoisotopic (exact) mass is 259 g/mol. The topological polar surface area (TPSA) is 71.8 Å². The molecule has 6 nitrogen and oxygen atoms in total. The second-order valence-corrected chi connectivity index (χ2v) is 3.99. The number of anilines is 1. The molecule has 0 aliphatic rings. The van der Waals surface area contributed by atoms with Crippen molar-refractivity contribution < 1.29 is 4.79 Å². The van der Waals surface area contributed by atoms with Gasteiger partial charge in [0.25, 0.3) is 5.91 Å². The van der Waals surface area contributed by atoms with Crippen LogP contribution >= 0.6 is 0 Å². The molecule has 6 heteroatoms. The molecule has 0 aliphatic carbocycles. The Morgan fingerprint density at radius 2 is 2.32 bits per heavy atom. The molecule has 2 aromatic heterocycles. The highest BCUT2D eigenvalue weighted by atomic mass is 16.1. The van der Waals surface area contributed by atoms with Gasteiger partial charge < -0.3 is 10.6 Å². The first-order valence-corrected chi connectivity index (χ1v) is 6.25. The van der Waals surface area contributed by atoms with Crippen LogP contribution in [0.5, 0.6) is 0 Å². The Labute approximate surface area is 111 Å². The molecule has 0 atom stereocenters. The van der Waals surface area contributed by atoms with Crippen molar-refractivity contribution in [2.45, 2.75) is 13.5 Å². The van der Waals surface area contributed by atoms with Gasteiger partial charge >= 0.3 is 0 Å². The summed E-state index contributed by atoms with van der Waals surface area (Å²) < 4.78 is 1.77. The third kappa shape index (κ3) is 3.80. The maximum Gasteiger partial charge on any atom is 0.269 e.